The molecule has 0 aromatic heterocycles. The van der Waals surface area contributed by atoms with Crippen LogP contribution in [-0.4, -0.2) is 35.9 Å². The van der Waals surface area contributed by atoms with Gasteiger partial charge >= 0.3 is 0 Å². The maximum absolute atomic E-state index is 11.6. The first-order valence-electron chi connectivity index (χ1n) is 5.64. The molecule has 4 nitrogen and oxygen atoms in total. The van der Waals surface area contributed by atoms with E-state index in [9.17, 15) is 9.90 Å². The van der Waals surface area contributed by atoms with Crippen molar-refractivity contribution in [2.75, 3.05) is 13.2 Å². The summed E-state index contributed by atoms with van der Waals surface area (Å²) in [5.41, 5.74) is -0.867. The molecule has 15 heavy (non-hydrogen) atoms. The Kier molecular flexibility index (Phi) is 2.73. The molecule has 4 heteroatoms. The van der Waals surface area contributed by atoms with E-state index in [2.05, 4.69) is 12.2 Å². The fourth-order valence-corrected chi connectivity index (χ4v) is 2.06. The van der Waals surface area contributed by atoms with Crippen LogP contribution >= 0.6 is 0 Å². The lowest BCUT2D eigenvalue weighted by Gasteiger charge is -2.26. The molecule has 1 saturated heterocycles. The molecular formula is C11H19NO3. The highest BCUT2D eigenvalue weighted by molar-refractivity contribution is 5.81. The second-order valence-corrected chi connectivity index (χ2v) is 4.90. The molecule has 0 spiro atoms. The third kappa shape index (κ3) is 2.16. The van der Waals surface area contributed by atoms with E-state index in [4.69, 9.17) is 4.74 Å². The quantitative estimate of drug-likeness (QED) is 0.709. The summed E-state index contributed by atoms with van der Waals surface area (Å²) in [4.78, 5) is 11.6. The molecule has 1 aliphatic heterocycles. The second-order valence-electron chi connectivity index (χ2n) is 4.90. The van der Waals surface area contributed by atoms with E-state index in [0.29, 0.717) is 25.5 Å². The number of amides is 1. The van der Waals surface area contributed by atoms with Crippen LogP contribution in [0.5, 0.6) is 0 Å². The van der Waals surface area contributed by atoms with Crippen molar-refractivity contribution in [1.82, 2.24) is 5.32 Å². The van der Waals surface area contributed by atoms with Crippen molar-refractivity contribution in [3.8, 4) is 0 Å². The van der Waals surface area contributed by atoms with Gasteiger partial charge in [-0.15, -0.1) is 0 Å². The average Bonchev–Trinajstić information content (AvgIpc) is 2.83. The Morgan fingerprint density at radius 3 is 2.73 bits per heavy atom. The zero-order valence-corrected chi connectivity index (χ0v) is 9.32. The van der Waals surface area contributed by atoms with E-state index in [-0.39, 0.29) is 17.9 Å². The lowest BCUT2D eigenvalue weighted by molar-refractivity contribution is -0.124. The van der Waals surface area contributed by atoms with E-state index in [1.807, 2.05) is 6.92 Å². The summed E-state index contributed by atoms with van der Waals surface area (Å²) in [5, 5.41) is 13.0. The number of hydrogen-bond acceptors (Lipinski definition) is 3. The monoisotopic (exact) mass is 213 g/mol. The topological polar surface area (TPSA) is 58.6 Å². The third-order valence-corrected chi connectivity index (χ3v) is 3.67. The first kappa shape index (κ1) is 10.9. The Bertz CT molecular complexity index is 269. The van der Waals surface area contributed by atoms with Crippen LogP contribution < -0.4 is 5.32 Å². The zero-order valence-electron chi connectivity index (χ0n) is 9.32. The number of hydrogen-bond donors (Lipinski definition) is 2. The van der Waals surface area contributed by atoms with E-state index in [0.717, 1.165) is 6.42 Å². The first-order chi connectivity index (χ1) is 7.03. The summed E-state index contributed by atoms with van der Waals surface area (Å²) in [6.07, 6.45) is 1.40. The van der Waals surface area contributed by atoms with Crippen LogP contribution in [-0.2, 0) is 9.53 Å². The zero-order chi connectivity index (χ0) is 11.1. The van der Waals surface area contributed by atoms with Crippen molar-refractivity contribution < 1.29 is 14.6 Å². The van der Waals surface area contributed by atoms with Crippen molar-refractivity contribution in [2.45, 2.75) is 38.4 Å². The van der Waals surface area contributed by atoms with E-state index in [1.165, 1.54) is 0 Å². The van der Waals surface area contributed by atoms with Gasteiger partial charge in [0.25, 0.3) is 0 Å². The molecule has 86 valence electrons. The Morgan fingerprint density at radius 2 is 2.27 bits per heavy atom. The van der Waals surface area contributed by atoms with Crippen LogP contribution in [0.2, 0.25) is 0 Å². The normalized spacial score (nSPS) is 44.1. The van der Waals surface area contributed by atoms with Gasteiger partial charge in [0.05, 0.1) is 6.10 Å². The van der Waals surface area contributed by atoms with Gasteiger partial charge in [-0.3, -0.25) is 4.79 Å². The number of nitrogens with one attached hydrogen (secondary N) is 1. The van der Waals surface area contributed by atoms with Gasteiger partial charge in [0.15, 0.2) is 0 Å². The maximum Gasteiger partial charge on any atom is 0.223 e. The van der Waals surface area contributed by atoms with Gasteiger partial charge in [0, 0.05) is 25.5 Å². The van der Waals surface area contributed by atoms with Crippen molar-refractivity contribution >= 4 is 5.91 Å². The van der Waals surface area contributed by atoms with Crippen LogP contribution in [0.1, 0.15) is 26.7 Å². The summed E-state index contributed by atoms with van der Waals surface area (Å²) in [6.45, 7) is 4.81. The van der Waals surface area contributed by atoms with Crippen molar-refractivity contribution in [1.29, 1.82) is 0 Å². The number of carbonyl (C=O) groups excluding carboxylic acids is 1. The van der Waals surface area contributed by atoms with Crippen LogP contribution in [0.25, 0.3) is 0 Å². The molecule has 2 aliphatic rings. The van der Waals surface area contributed by atoms with Gasteiger partial charge in [-0.25, -0.2) is 0 Å². The fourth-order valence-electron chi connectivity index (χ4n) is 2.06. The minimum Gasteiger partial charge on any atom is -0.385 e. The largest absolute Gasteiger partial charge is 0.385 e. The minimum atomic E-state index is -0.867. The van der Waals surface area contributed by atoms with E-state index < -0.39 is 5.60 Å². The summed E-state index contributed by atoms with van der Waals surface area (Å²) in [6, 6.07) is 0. The van der Waals surface area contributed by atoms with Crippen LogP contribution in [0.3, 0.4) is 0 Å². The average molecular weight is 213 g/mol. The van der Waals surface area contributed by atoms with Crippen molar-refractivity contribution in [2.24, 2.45) is 11.8 Å². The molecule has 1 saturated carbocycles. The maximum atomic E-state index is 11.6. The van der Waals surface area contributed by atoms with Crippen LogP contribution in [0, 0.1) is 11.8 Å². The molecule has 2 fully saturated rings. The molecule has 4 atom stereocenters. The van der Waals surface area contributed by atoms with Gasteiger partial charge in [-0.1, -0.05) is 6.92 Å². The molecular weight excluding hydrogens is 194 g/mol. The highest BCUT2D eigenvalue weighted by Crippen LogP contribution is 2.37. The number of rotatable bonds is 3. The first-order valence-corrected chi connectivity index (χ1v) is 5.64. The van der Waals surface area contributed by atoms with Crippen LogP contribution in [0.4, 0.5) is 0 Å². The number of carbonyl (C=O) groups is 1. The van der Waals surface area contributed by atoms with Gasteiger partial charge in [-0.2, -0.15) is 0 Å². The summed E-state index contributed by atoms with van der Waals surface area (Å²) < 4.78 is 5.30. The van der Waals surface area contributed by atoms with E-state index in [1.54, 1.807) is 0 Å². The summed E-state index contributed by atoms with van der Waals surface area (Å²) in [7, 11) is 0. The number of ether oxygens (including phenoxy) is 1. The highest BCUT2D eigenvalue weighted by Gasteiger charge is 2.43. The Morgan fingerprint density at radius 1 is 1.60 bits per heavy atom. The molecule has 2 N–H and O–H groups in total. The Balaban J connectivity index is 1.79. The summed E-state index contributed by atoms with van der Waals surface area (Å²) in [5.74, 6) is 0.762. The number of aliphatic hydroxyl groups is 1. The molecule has 0 bridgehead atoms. The second kappa shape index (κ2) is 3.76. The van der Waals surface area contributed by atoms with Crippen molar-refractivity contribution in [3.63, 3.8) is 0 Å². The SMILES string of the molecule is CC1CC1C(=O)NCC1(O)CCOC1C. The minimum absolute atomic E-state index is 0.0787. The van der Waals surface area contributed by atoms with Gasteiger partial charge in [0.2, 0.25) is 5.91 Å². The van der Waals surface area contributed by atoms with Gasteiger partial charge < -0.3 is 15.2 Å². The fraction of sp³-hybridized carbons (Fsp3) is 0.909. The molecule has 0 radical (unpaired) electrons. The lowest BCUT2D eigenvalue weighted by Crippen LogP contribution is -2.47. The molecule has 4 unspecified atom stereocenters. The molecule has 1 heterocycles. The third-order valence-electron chi connectivity index (χ3n) is 3.67. The molecule has 0 aromatic rings. The van der Waals surface area contributed by atoms with Gasteiger partial charge in [-0.05, 0) is 19.3 Å². The molecule has 2 rings (SSSR count). The molecule has 1 aliphatic carbocycles. The van der Waals surface area contributed by atoms with Gasteiger partial charge in [0.1, 0.15) is 5.60 Å². The standard InChI is InChI=1S/C11H19NO3/c1-7-5-9(7)10(13)12-6-11(14)3-4-15-8(11)2/h7-9,14H,3-6H2,1-2H3,(H,12,13). The predicted molar refractivity (Wildman–Crippen MR) is 55.3 cm³/mol. The molecule has 1 amide bonds. The smallest absolute Gasteiger partial charge is 0.223 e. The van der Waals surface area contributed by atoms with E-state index >= 15 is 0 Å². The summed E-state index contributed by atoms with van der Waals surface area (Å²) >= 11 is 0. The van der Waals surface area contributed by atoms with Crippen molar-refractivity contribution in [3.05, 3.63) is 0 Å². The Hall–Kier alpha value is -0.610. The highest BCUT2D eigenvalue weighted by atomic mass is 16.5. The lowest BCUT2D eigenvalue weighted by atomic mass is 9.96. The van der Waals surface area contributed by atoms with Crippen LogP contribution in [0.15, 0.2) is 0 Å². The Labute approximate surface area is 90.0 Å². The predicted octanol–water partition coefficient (Wildman–Crippen LogP) is 0.298. The molecule has 0 aromatic carbocycles.